The van der Waals surface area contributed by atoms with Gasteiger partial charge in [0.25, 0.3) is 5.91 Å². The molecular formula is C25H25N5O2. The Morgan fingerprint density at radius 3 is 2.38 bits per heavy atom. The van der Waals surface area contributed by atoms with Crippen LogP contribution in [0.2, 0.25) is 0 Å². The highest BCUT2D eigenvalue weighted by Crippen LogP contribution is 2.21. The largest absolute Gasteiger partial charge is 0.495 e. The van der Waals surface area contributed by atoms with E-state index in [-0.39, 0.29) is 5.91 Å². The summed E-state index contributed by atoms with van der Waals surface area (Å²) in [6, 6.07) is 12.9. The van der Waals surface area contributed by atoms with E-state index in [1.165, 1.54) is 0 Å². The Kier molecular flexibility index (Phi) is 6.31. The van der Waals surface area contributed by atoms with E-state index >= 15 is 0 Å². The molecule has 0 bridgehead atoms. The Balaban J connectivity index is 1.48. The minimum atomic E-state index is -0.0190. The molecule has 0 N–H and O–H groups in total. The summed E-state index contributed by atoms with van der Waals surface area (Å²) in [7, 11) is 1.59. The summed E-state index contributed by atoms with van der Waals surface area (Å²) < 4.78 is 5.43. The van der Waals surface area contributed by atoms with Gasteiger partial charge in [0, 0.05) is 49.3 Å². The lowest BCUT2D eigenvalue weighted by Crippen LogP contribution is -2.49. The number of anilines is 1. The lowest BCUT2D eigenvalue weighted by atomic mass is 10.1. The van der Waals surface area contributed by atoms with Crippen molar-refractivity contribution < 1.29 is 9.53 Å². The second-order valence-corrected chi connectivity index (χ2v) is 7.61. The van der Waals surface area contributed by atoms with Crippen molar-refractivity contribution in [1.82, 2.24) is 19.9 Å². The van der Waals surface area contributed by atoms with Crippen LogP contribution in [0, 0.1) is 25.7 Å². The van der Waals surface area contributed by atoms with Crippen molar-refractivity contribution in [1.29, 1.82) is 0 Å². The molecule has 1 saturated heterocycles. The molecule has 0 spiro atoms. The Hall–Kier alpha value is -3.92. The molecule has 0 aliphatic carbocycles. The van der Waals surface area contributed by atoms with Gasteiger partial charge >= 0.3 is 0 Å². The summed E-state index contributed by atoms with van der Waals surface area (Å²) in [5.74, 6) is 7.45. The maximum Gasteiger partial charge on any atom is 0.254 e. The van der Waals surface area contributed by atoms with Crippen molar-refractivity contribution in [3.8, 4) is 17.6 Å². The first-order valence-corrected chi connectivity index (χ1v) is 10.5. The summed E-state index contributed by atoms with van der Waals surface area (Å²) in [6.07, 6.45) is 1.70. The zero-order valence-electron chi connectivity index (χ0n) is 18.5. The number of benzene rings is 1. The molecule has 1 aliphatic rings. The van der Waals surface area contributed by atoms with Crippen LogP contribution in [-0.4, -0.2) is 59.0 Å². The third-order valence-electron chi connectivity index (χ3n) is 5.26. The normalized spacial score (nSPS) is 13.3. The Morgan fingerprint density at radius 1 is 0.969 bits per heavy atom. The second kappa shape index (κ2) is 9.48. The van der Waals surface area contributed by atoms with Crippen LogP contribution >= 0.6 is 0 Å². The molecule has 32 heavy (non-hydrogen) atoms. The molecule has 3 heterocycles. The fourth-order valence-electron chi connectivity index (χ4n) is 3.65. The van der Waals surface area contributed by atoms with Crippen LogP contribution in [0.1, 0.15) is 33.0 Å². The Labute approximate surface area is 188 Å². The number of pyridine rings is 1. The Bertz CT molecular complexity index is 1160. The quantitative estimate of drug-likeness (QED) is 0.599. The third-order valence-corrected chi connectivity index (χ3v) is 5.26. The summed E-state index contributed by atoms with van der Waals surface area (Å²) in [5.41, 5.74) is 3.81. The highest BCUT2D eigenvalue weighted by atomic mass is 16.5. The van der Waals surface area contributed by atoms with Gasteiger partial charge in [0.05, 0.1) is 12.7 Å². The highest BCUT2D eigenvalue weighted by molar-refractivity contribution is 5.95. The number of hydrogen-bond acceptors (Lipinski definition) is 6. The van der Waals surface area contributed by atoms with E-state index in [4.69, 9.17) is 4.74 Å². The predicted molar refractivity (Wildman–Crippen MR) is 123 cm³/mol. The molecule has 2 aromatic heterocycles. The molecule has 4 rings (SSSR count). The maximum absolute atomic E-state index is 13.2. The van der Waals surface area contributed by atoms with Crippen LogP contribution in [0.4, 0.5) is 5.95 Å². The predicted octanol–water partition coefficient (Wildman–Crippen LogP) is 2.86. The van der Waals surface area contributed by atoms with Crippen molar-refractivity contribution in [2.45, 2.75) is 13.8 Å². The molecule has 1 aromatic carbocycles. The van der Waals surface area contributed by atoms with Gasteiger partial charge in [0.1, 0.15) is 11.4 Å². The molecule has 3 aromatic rings. The zero-order valence-corrected chi connectivity index (χ0v) is 18.5. The summed E-state index contributed by atoms with van der Waals surface area (Å²) in [6.45, 7) is 6.53. The molecule has 0 radical (unpaired) electrons. The van der Waals surface area contributed by atoms with E-state index in [9.17, 15) is 4.79 Å². The summed E-state index contributed by atoms with van der Waals surface area (Å²) >= 11 is 0. The smallest absolute Gasteiger partial charge is 0.254 e. The van der Waals surface area contributed by atoms with Crippen LogP contribution < -0.4 is 9.64 Å². The van der Waals surface area contributed by atoms with Crippen LogP contribution in [0.3, 0.4) is 0 Å². The van der Waals surface area contributed by atoms with Crippen LogP contribution in [-0.2, 0) is 0 Å². The Morgan fingerprint density at radius 2 is 1.72 bits per heavy atom. The van der Waals surface area contributed by atoms with Crippen molar-refractivity contribution in [2.75, 3.05) is 38.2 Å². The lowest BCUT2D eigenvalue weighted by Gasteiger charge is -2.35. The van der Waals surface area contributed by atoms with Gasteiger partial charge in [0.2, 0.25) is 5.95 Å². The number of aromatic nitrogens is 3. The van der Waals surface area contributed by atoms with E-state index < -0.39 is 0 Å². The van der Waals surface area contributed by atoms with E-state index in [1.807, 2.05) is 43.0 Å². The summed E-state index contributed by atoms with van der Waals surface area (Å²) in [4.78, 5) is 30.4. The first kappa shape index (κ1) is 21.3. The van der Waals surface area contributed by atoms with Crippen molar-refractivity contribution >= 4 is 11.9 Å². The number of carbonyl (C=O) groups is 1. The molecular weight excluding hydrogens is 402 g/mol. The molecule has 1 fully saturated rings. The van der Waals surface area contributed by atoms with Crippen LogP contribution in [0.15, 0.2) is 48.7 Å². The van der Waals surface area contributed by atoms with Crippen LogP contribution in [0.5, 0.6) is 5.75 Å². The second-order valence-electron chi connectivity index (χ2n) is 7.61. The number of aryl methyl sites for hydroxylation is 2. The highest BCUT2D eigenvalue weighted by Gasteiger charge is 2.24. The molecule has 0 unspecified atom stereocenters. The topological polar surface area (TPSA) is 71.5 Å². The molecule has 0 saturated carbocycles. The standard InChI is InChI=1S/C25H25N5O2/c1-18-16-19(2)28-25(27-18)30-14-12-29(13-15-30)24(31)21-8-10-23(32-3)20(17-21)7-9-22-6-4-5-11-26-22/h4-6,8,10-11,16-17H,12-15H2,1-3H3. The first-order chi connectivity index (χ1) is 15.5. The van der Waals surface area contributed by atoms with Gasteiger partial charge in [-0.15, -0.1) is 0 Å². The average Bonchev–Trinajstić information content (AvgIpc) is 2.82. The minimum absolute atomic E-state index is 0.0190. The molecule has 0 atom stereocenters. The zero-order chi connectivity index (χ0) is 22.5. The number of nitrogens with zero attached hydrogens (tertiary/aromatic N) is 5. The molecule has 162 valence electrons. The van der Waals surface area contributed by atoms with Crippen LogP contribution in [0.25, 0.3) is 0 Å². The van der Waals surface area contributed by atoms with E-state index in [1.54, 1.807) is 31.5 Å². The maximum atomic E-state index is 13.2. The van der Waals surface area contributed by atoms with Gasteiger partial charge in [-0.1, -0.05) is 12.0 Å². The number of hydrogen-bond donors (Lipinski definition) is 0. The third kappa shape index (κ3) is 4.86. The summed E-state index contributed by atoms with van der Waals surface area (Å²) in [5, 5.41) is 0. The first-order valence-electron chi connectivity index (χ1n) is 10.5. The minimum Gasteiger partial charge on any atom is -0.495 e. The fourth-order valence-corrected chi connectivity index (χ4v) is 3.65. The number of amides is 1. The lowest BCUT2D eigenvalue weighted by molar-refractivity contribution is 0.0746. The monoisotopic (exact) mass is 427 g/mol. The van der Waals surface area contributed by atoms with Gasteiger partial charge in [-0.3, -0.25) is 4.79 Å². The molecule has 1 aliphatic heterocycles. The van der Waals surface area contributed by atoms with Gasteiger partial charge < -0.3 is 14.5 Å². The number of methoxy groups -OCH3 is 1. The van der Waals surface area contributed by atoms with Crippen molar-refractivity contribution in [2.24, 2.45) is 0 Å². The average molecular weight is 428 g/mol. The SMILES string of the molecule is COc1ccc(C(=O)N2CCN(c3nc(C)cc(C)n3)CC2)cc1C#Cc1ccccn1. The van der Waals surface area contributed by atoms with Gasteiger partial charge in [-0.2, -0.15) is 0 Å². The fraction of sp³-hybridized carbons (Fsp3) is 0.280. The van der Waals surface area contributed by atoms with E-state index in [0.29, 0.717) is 48.7 Å². The van der Waals surface area contributed by atoms with Gasteiger partial charge in [0.15, 0.2) is 0 Å². The van der Waals surface area contributed by atoms with Gasteiger partial charge in [-0.25, -0.2) is 15.0 Å². The molecule has 1 amide bonds. The number of carbonyl (C=O) groups excluding carboxylic acids is 1. The number of piperazine rings is 1. The number of ether oxygens (including phenoxy) is 1. The van der Waals surface area contributed by atoms with E-state index in [0.717, 1.165) is 17.3 Å². The van der Waals surface area contributed by atoms with Gasteiger partial charge in [-0.05, 0) is 56.2 Å². The number of rotatable bonds is 3. The molecule has 7 nitrogen and oxygen atoms in total. The van der Waals surface area contributed by atoms with Crippen molar-refractivity contribution in [3.63, 3.8) is 0 Å². The molecule has 7 heteroatoms. The van der Waals surface area contributed by atoms with Crippen molar-refractivity contribution in [3.05, 3.63) is 76.9 Å². The van der Waals surface area contributed by atoms with E-state index in [2.05, 4.69) is 31.7 Å².